The van der Waals surface area contributed by atoms with Crippen LogP contribution >= 0.6 is 11.8 Å². The number of nitrogens with zero attached hydrogens (tertiary/aromatic N) is 1. The zero-order chi connectivity index (χ0) is 16.6. The summed E-state index contributed by atoms with van der Waals surface area (Å²) >= 11 is 1.50. The highest BCUT2D eigenvalue weighted by Gasteiger charge is 2.43. The number of carbonyl (C=O) groups is 1. The lowest BCUT2D eigenvalue weighted by molar-refractivity contribution is -0.137. The Hall–Kier alpha value is -1.99. The van der Waals surface area contributed by atoms with Crippen LogP contribution in [0.2, 0.25) is 0 Å². The van der Waals surface area contributed by atoms with Crippen molar-refractivity contribution in [2.24, 2.45) is 0 Å². The Bertz CT molecular complexity index is 864. The van der Waals surface area contributed by atoms with Crippen molar-refractivity contribution in [2.45, 2.75) is 22.3 Å². The van der Waals surface area contributed by atoms with Crippen molar-refractivity contribution >= 4 is 33.4 Å². The first-order valence-corrected chi connectivity index (χ1v) is 9.61. The summed E-state index contributed by atoms with van der Waals surface area (Å²) in [7, 11) is -3.76. The van der Waals surface area contributed by atoms with Gasteiger partial charge in [-0.2, -0.15) is 0 Å². The molecule has 0 radical (unpaired) electrons. The molecule has 1 aliphatic rings. The SMILES string of the molecule is CSc1cccc(N2C(CC(=O)O)c3ccccc3S2(=O)=O)c1. The average Bonchev–Trinajstić information content (AvgIpc) is 2.75. The molecule has 0 aromatic heterocycles. The molecule has 2 aromatic rings. The minimum atomic E-state index is -3.76. The summed E-state index contributed by atoms with van der Waals surface area (Å²) in [6.07, 6.45) is 1.63. The van der Waals surface area contributed by atoms with Crippen molar-refractivity contribution in [1.82, 2.24) is 0 Å². The van der Waals surface area contributed by atoms with Crippen LogP contribution in [-0.4, -0.2) is 25.7 Å². The number of anilines is 1. The van der Waals surface area contributed by atoms with Crippen LogP contribution in [0.1, 0.15) is 18.0 Å². The number of sulfonamides is 1. The molecule has 0 bridgehead atoms. The summed E-state index contributed by atoms with van der Waals surface area (Å²) in [6.45, 7) is 0. The topological polar surface area (TPSA) is 74.7 Å². The van der Waals surface area contributed by atoms with E-state index in [4.69, 9.17) is 0 Å². The molecular formula is C16H15NO4S2. The van der Waals surface area contributed by atoms with E-state index < -0.39 is 22.0 Å². The van der Waals surface area contributed by atoms with E-state index in [1.165, 1.54) is 22.1 Å². The first kappa shape index (κ1) is 15.9. The largest absolute Gasteiger partial charge is 0.481 e. The minimum Gasteiger partial charge on any atom is -0.481 e. The molecule has 0 aliphatic carbocycles. The third kappa shape index (κ3) is 2.70. The Morgan fingerprint density at radius 1 is 1.22 bits per heavy atom. The van der Waals surface area contributed by atoms with Gasteiger partial charge in [-0.15, -0.1) is 11.8 Å². The van der Waals surface area contributed by atoms with Gasteiger partial charge >= 0.3 is 5.97 Å². The molecule has 3 rings (SSSR count). The number of rotatable bonds is 4. The van der Waals surface area contributed by atoms with Gasteiger partial charge in [0.25, 0.3) is 10.0 Å². The van der Waals surface area contributed by atoms with Crippen molar-refractivity contribution < 1.29 is 18.3 Å². The van der Waals surface area contributed by atoms with Gasteiger partial charge in [-0.1, -0.05) is 24.3 Å². The second-order valence-corrected chi connectivity index (χ2v) is 7.82. The maximum atomic E-state index is 12.9. The molecule has 1 unspecified atom stereocenters. The lowest BCUT2D eigenvalue weighted by Gasteiger charge is -2.25. The molecule has 1 heterocycles. The fourth-order valence-corrected chi connectivity index (χ4v) is 5.15. The van der Waals surface area contributed by atoms with Crippen molar-refractivity contribution in [3.8, 4) is 0 Å². The summed E-state index contributed by atoms with van der Waals surface area (Å²) in [5, 5.41) is 9.21. The highest BCUT2D eigenvalue weighted by atomic mass is 32.2. The van der Waals surface area contributed by atoms with Gasteiger partial charge in [0.2, 0.25) is 0 Å². The van der Waals surface area contributed by atoms with Crippen LogP contribution in [0.4, 0.5) is 5.69 Å². The van der Waals surface area contributed by atoms with Crippen LogP contribution in [-0.2, 0) is 14.8 Å². The van der Waals surface area contributed by atoms with Gasteiger partial charge in [0, 0.05) is 4.90 Å². The molecule has 5 nitrogen and oxygen atoms in total. The lowest BCUT2D eigenvalue weighted by Crippen LogP contribution is -2.29. The van der Waals surface area contributed by atoms with Crippen LogP contribution in [0.25, 0.3) is 0 Å². The highest BCUT2D eigenvalue weighted by molar-refractivity contribution is 7.98. The van der Waals surface area contributed by atoms with E-state index in [1.54, 1.807) is 36.4 Å². The monoisotopic (exact) mass is 349 g/mol. The van der Waals surface area contributed by atoms with Gasteiger partial charge in [0.15, 0.2) is 0 Å². The van der Waals surface area contributed by atoms with Crippen molar-refractivity contribution in [1.29, 1.82) is 0 Å². The second kappa shape index (κ2) is 5.90. The molecular weight excluding hydrogens is 334 g/mol. The summed E-state index contributed by atoms with van der Waals surface area (Å²) in [4.78, 5) is 12.4. The quantitative estimate of drug-likeness (QED) is 0.859. The smallest absolute Gasteiger partial charge is 0.305 e. The predicted molar refractivity (Wildman–Crippen MR) is 89.3 cm³/mol. The van der Waals surface area contributed by atoms with Gasteiger partial charge in [-0.3, -0.25) is 9.10 Å². The Morgan fingerprint density at radius 2 is 1.96 bits per heavy atom. The Kier molecular flexibility index (Phi) is 4.08. The number of benzene rings is 2. The van der Waals surface area contributed by atoms with Gasteiger partial charge in [0.05, 0.1) is 23.0 Å². The van der Waals surface area contributed by atoms with Crippen molar-refractivity contribution in [2.75, 3.05) is 10.6 Å². The normalized spacial score (nSPS) is 18.7. The lowest BCUT2D eigenvalue weighted by atomic mass is 10.0. The Labute approximate surface area is 139 Å². The molecule has 1 atom stereocenters. The molecule has 7 heteroatoms. The summed E-state index contributed by atoms with van der Waals surface area (Å²) in [5.41, 5.74) is 1.02. The number of fused-ring (bicyclic) bond motifs is 1. The van der Waals surface area contributed by atoms with Gasteiger partial charge in [-0.25, -0.2) is 8.42 Å². The average molecular weight is 349 g/mol. The maximum Gasteiger partial charge on any atom is 0.305 e. The molecule has 0 saturated heterocycles. The highest BCUT2D eigenvalue weighted by Crippen LogP contribution is 2.44. The third-order valence-electron chi connectivity index (χ3n) is 3.77. The van der Waals surface area contributed by atoms with E-state index >= 15 is 0 Å². The maximum absolute atomic E-state index is 12.9. The van der Waals surface area contributed by atoms with E-state index in [0.717, 1.165) is 4.90 Å². The second-order valence-electron chi connectivity index (χ2n) is 5.15. The molecule has 0 spiro atoms. The van der Waals surface area contributed by atoms with Crippen LogP contribution in [0.3, 0.4) is 0 Å². The number of carboxylic acid groups (broad SMARTS) is 1. The minimum absolute atomic E-state index is 0.181. The summed E-state index contributed by atoms with van der Waals surface area (Å²) in [5.74, 6) is -1.03. The zero-order valence-electron chi connectivity index (χ0n) is 12.3. The van der Waals surface area contributed by atoms with E-state index in [-0.39, 0.29) is 11.3 Å². The molecule has 0 amide bonds. The molecule has 0 saturated carbocycles. The van der Waals surface area contributed by atoms with Crippen LogP contribution in [0.15, 0.2) is 58.3 Å². The molecule has 23 heavy (non-hydrogen) atoms. The first-order valence-electron chi connectivity index (χ1n) is 6.94. The van der Waals surface area contributed by atoms with Gasteiger partial charge in [-0.05, 0) is 36.1 Å². The molecule has 0 fully saturated rings. The van der Waals surface area contributed by atoms with Crippen molar-refractivity contribution in [3.05, 3.63) is 54.1 Å². The van der Waals surface area contributed by atoms with Gasteiger partial charge < -0.3 is 5.11 Å². The summed E-state index contributed by atoms with van der Waals surface area (Å²) < 4.78 is 27.0. The fraction of sp³-hybridized carbons (Fsp3) is 0.188. The van der Waals surface area contributed by atoms with E-state index in [2.05, 4.69) is 0 Å². The molecule has 1 aliphatic heterocycles. The number of aliphatic carboxylic acids is 1. The third-order valence-corrected chi connectivity index (χ3v) is 6.41. The zero-order valence-corrected chi connectivity index (χ0v) is 14.0. The molecule has 2 aromatic carbocycles. The van der Waals surface area contributed by atoms with Gasteiger partial charge in [0.1, 0.15) is 0 Å². The van der Waals surface area contributed by atoms with E-state index in [1.807, 2.05) is 12.3 Å². The fourth-order valence-electron chi connectivity index (χ4n) is 2.82. The van der Waals surface area contributed by atoms with Crippen LogP contribution < -0.4 is 4.31 Å². The Morgan fingerprint density at radius 3 is 2.65 bits per heavy atom. The van der Waals surface area contributed by atoms with Crippen LogP contribution in [0.5, 0.6) is 0 Å². The number of thioether (sulfide) groups is 1. The summed E-state index contributed by atoms with van der Waals surface area (Å²) in [6, 6.07) is 13.0. The number of hydrogen-bond acceptors (Lipinski definition) is 4. The Balaban J connectivity index is 2.19. The molecule has 1 N–H and O–H groups in total. The van der Waals surface area contributed by atoms with E-state index in [9.17, 15) is 18.3 Å². The predicted octanol–water partition coefficient (Wildman–Crippen LogP) is 3.13. The molecule has 120 valence electrons. The standard InChI is InChI=1S/C16H15NO4S2/c1-22-12-6-4-5-11(9-12)17-14(10-16(18)19)13-7-2-3-8-15(13)23(17,20)21/h2-9,14H,10H2,1H3,(H,18,19). The number of carboxylic acids is 1. The van der Waals surface area contributed by atoms with Crippen molar-refractivity contribution in [3.63, 3.8) is 0 Å². The van der Waals surface area contributed by atoms with Crippen LogP contribution in [0, 0.1) is 0 Å². The first-order chi connectivity index (χ1) is 10.9. The number of hydrogen-bond donors (Lipinski definition) is 1. The van der Waals surface area contributed by atoms with E-state index in [0.29, 0.717) is 11.3 Å².